The second-order valence-corrected chi connectivity index (χ2v) is 4.09. The Morgan fingerprint density at radius 3 is 2.36 bits per heavy atom. The minimum Gasteiger partial charge on any atom is -0.393 e. The predicted molar refractivity (Wildman–Crippen MR) is 59.3 cm³/mol. The highest BCUT2D eigenvalue weighted by atomic mass is 16.3. The number of carbonyl (C=O) groups is 1. The van der Waals surface area contributed by atoms with E-state index in [-0.39, 0.29) is 6.10 Å². The lowest BCUT2D eigenvalue weighted by Crippen LogP contribution is -2.00. The molecule has 1 N–H and O–H groups in total. The Kier molecular flexibility index (Phi) is 8.95. The van der Waals surface area contributed by atoms with Crippen molar-refractivity contribution in [2.45, 2.75) is 71.3 Å². The molecule has 14 heavy (non-hydrogen) atoms. The van der Waals surface area contributed by atoms with Crippen molar-refractivity contribution in [2.24, 2.45) is 0 Å². The zero-order valence-electron chi connectivity index (χ0n) is 9.59. The molecule has 0 saturated carbocycles. The molecule has 0 aromatic rings. The van der Waals surface area contributed by atoms with Crippen LogP contribution in [0.3, 0.4) is 0 Å². The number of Topliss-reactive ketones (excluding diaryl/α,β-unsaturated/α-hetero) is 1. The number of aliphatic hydroxyl groups excluding tert-OH is 1. The molecule has 0 aromatic carbocycles. The fourth-order valence-electron chi connectivity index (χ4n) is 1.44. The second-order valence-electron chi connectivity index (χ2n) is 4.09. The summed E-state index contributed by atoms with van der Waals surface area (Å²) >= 11 is 0. The molecule has 0 heterocycles. The topological polar surface area (TPSA) is 37.3 Å². The van der Waals surface area contributed by atoms with Gasteiger partial charge in [-0.1, -0.05) is 26.2 Å². The van der Waals surface area contributed by atoms with Crippen molar-refractivity contribution in [1.82, 2.24) is 0 Å². The Labute approximate surface area is 87.7 Å². The first-order valence-corrected chi connectivity index (χ1v) is 5.86. The van der Waals surface area contributed by atoms with Crippen molar-refractivity contribution in [3.63, 3.8) is 0 Å². The lowest BCUT2D eigenvalue weighted by molar-refractivity contribution is -0.119. The van der Waals surface area contributed by atoms with Gasteiger partial charge in [0.2, 0.25) is 0 Å². The van der Waals surface area contributed by atoms with Gasteiger partial charge in [-0.25, -0.2) is 0 Å². The first kappa shape index (κ1) is 13.6. The van der Waals surface area contributed by atoms with Crippen LogP contribution < -0.4 is 0 Å². The molecule has 84 valence electrons. The van der Waals surface area contributed by atoms with Crippen LogP contribution >= 0.6 is 0 Å². The number of unbranched alkanes of at least 4 members (excludes halogenated alkanes) is 3. The number of hydrogen-bond donors (Lipinski definition) is 1. The lowest BCUT2D eigenvalue weighted by Gasteiger charge is -2.03. The van der Waals surface area contributed by atoms with Gasteiger partial charge in [-0.05, 0) is 26.2 Å². The van der Waals surface area contributed by atoms with Gasteiger partial charge in [-0.3, -0.25) is 4.79 Å². The molecule has 1 unspecified atom stereocenters. The smallest absolute Gasteiger partial charge is 0.132 e. The summed E-state index contributed by atoms with van der Waals surface area (Å²) in [5.41, 5.74) is 0. The molecular formula is C12H24O2. The zero-order valence-corrected chi connectivity index (χ0v) is 9.59. The fraction of sp³-hybridized carbons (Fsp3) is 0.917. The van der Waals surface area contributed by atoms with Gasteiger partial charge in [0.05, 0.1) is 6.10 Å². The van der Waals surface area contributed by atoms with Crippen molar-refractivity contribution < 1.29 is 9.90 Å². The molecule has 2 nitrogen and oxygen atoms in total. The molecule has 0 aliphatic heterocycles. The molecule has 0 amide bonds. The molecule has 0 aliphatic rings. The normalized spacial score (nSPS) is 12.8. The molecule has 0 saturated heterocycles. The number of aliphatic hydroxyl groups is 1. The summed E-state index contributed by atoms with van der Waals surface area (Å²) in [6.07, 6.45) is 7.41. The van der Waals surface area contributed by atoms with E-state index in [9.17, 15) is 4.79 Å². The Morgan fingerprint density at radius 1 is 1.14 bits per heavy atom. The van der Waals surface area contributed by atoms with Crippen LogP contribution in [0.1, 0.15) is 65.2 Å². The molecule has 0 aliphatic carbocycles. The minimum absolute atomic E-state index is 0.189. The first-order valence-electron chi connectivity index (χ1n) is 5.86. The molecule has 2 heteroatoms. The highest BCUT2D eigenvalue weighted by Crippen LogP contribution is 2.08. The largest absolute Gasteiger partial charge is 0.393 e. The molecule has 0 bridgehead atoms. The van der Waals surface area contributed by atoms with E-state index < -0.39 is 0 Å². The average Bonchev–Trinajstić information content (AvgIpc) is 2.13. The number of hydrogen-bond acceptors (Lipinski definition) is 2. The molecular weight excluding hydrogens is 176 g/mol. The van der Waals surface area contributed by atoms with Crippen LogP contribution in [-0.4, -0.2) is 17.0 Å². The van der Waals surface area contributed by atoms with Crippen molar-refractivity contribution >= 4 is 5.78 Å². The molecule has 0 radical (unpaired) electrons. The van der Waals surface area contributed by atoms with Crippen LogP contribution in [0.4, 0.5) is 0 Å². The third kappa shape index (κ3) is 9.72. The van der Waals surface area contributed by atoms with Crippen molar-refractivity contribution in [3.05, 3.63) is 0 Å². The van der Waals surface area contributed by atoms with E-state index in [1.165, 1.54) is 0 Å². The van der Waals surface area contributed by atoms with Gasteiger partial charge in [-0.15, -0.1) is 0 Å². The van der Waals surface area contributed by atoms with Crippen LogP contribution in [0.2, 0.25) is 0 Å². The number of rotatable bonds is 9. The van der Waals surface area contributed by atoms with Crippen LogP contribution in [0, 0.1) is 0 Å². The predicted octanol–water partition coefficient (Wildman–Crippen LogP) is 3.08. The third-order valence-electron chi connectivity index (χ3n) is 2.39. The standard InChI is InChI=1S/C12H24O2/c1-3-4-9-12(14)10-7-5-6-8-11(2)13/h11,13H,3-10H2,1-2H3. The highest BCUT2D eigenvalue weighted by molar-refractivity contribution is 5.78. The van der Waals surface area contributed by atoms with Gasteiger partial charge in [0.1, 0.15) is 5.78 Å². The maximum Gasteiger partial charge on any atom is 0.132 e. The van der Waals surface area contributed by atoms with Crippen LogP contribution in [-0.2, 0) is 4.79 Å². The second kappa shape index (κ2) is 9.20. The fourth-order valence-corrected chi connectivity index (χ4v) is 1.44. The van der Waals surface area contributed by atoms with Crippen LogP contribution in [0.25, 0.3) is 0 Å². The summed E-state index contributed by atoms with van der Waals surface area (Å²) in [6.45, 7) is 3.92. The monoisotopic (exact) mass is 200 g/mol. The highest BCUT2D eigenvalue weighted by Gasteiger charge is 2.01. The van der Waals surface area contributed by atoms with Crippen LogP contribution in [0.5, 0.6) is 0 Å². The number of ketones is 1. The summed E-state index contributed by atoms with van der Waals surface area (Å²) in [4.78, 5) is 11.2. The van der Waals surface area contributed by atoms with E-state index in [0.717, 1.165) is 51.4 Å². The maximum atomic E-state index is 11.2. The van der Waals surface area contributed by atoms with Crippen LogP contribution in [0.15, 0.2) is 0 Å². The molecule has 0 rings (SSSR count). The molecule has 0 spiro atoms. The summed E-state index contributed by atoms with van der Waals surface area (Å²) in [7, 11) is 0. The van der Waals surface area contributed by atoms with Gasteiger partial charge in [0.15, 0.2) is 0 Å². The van der Waals surface area contributed by atoms with E-state index in [2.05, 4.69) is 6.92 Å². The quantitative estimate of drug-likeness (QED) is 0.581. The first-order chi connectivity index (χ1) is 6.66. The maximum absolute atomic E-state index is 11.2. The SMILES string of the molecule is CCCCC(=O)CCCCCC(C)O. The zero-order chi connectivity index (χ0) is 10.8. The van der Waals surface area contributed by atoms with Crippen molar-refractivity contribution in [3.8, 4) is 0 Å². The van der Waals surface area contributed by atoms with E-state index >= 15 is 0 Å². The Morgan fingerprint density at radius 2 is 1.79 bits per heavy atom. The lowest BCUT2D eigenvalue weighted by atomic mass is 10.1. The minimum atomic E-state index is -0.189. The molecule has 1 atom stereocenters. The molecule has 0 fully saturated rings. The van der Waals surface area contributed by atoms with Crippen molar-refractivity contribution in [2.75, 3.05) is 0 Å². The summed E-state index contributed by atoms with van der Waals surface area (Å²) < 4.78 is 0. The van der Waals surface area contributed by atoms with E-state index in [4.69, 9.17) is 5.11 Å². The number of carbonyl (C=O) groups excluding carboxylic acids is 1. The van der Waals surface area contributed by atoms with Gasteiger partial charge in [-0.2, -0.15) is 0 Å². The summed E-state index contributed by atoms with van der Waals surface area (Å²) in [6, 6.07) is 0. The van der Waals surface area contributed by atoms with E-state index in [1.807, 2.05) is 6.92 Å². The Hall–Kier alpha value is -0.370. The Balaban J connectivity index is 3.15. The van der Waals surface area contributed by atoms with E-state index in [0.29, 0.717) is 5.78 Å². The van der Waals surface area contributed by atoms with Gasteiger partial charge in [0.25, 0.3) is 0 Å². The van der Waals surface area contributed by atoms with Gasteiger partial charge < -0.3 is 5.11 Å². The summed E-state index contributed by atoms with van der Waals surface area (Å²) in [5, 5.41) is 9.01. The van der Waals surface area contributed by atoms with Crippen molar-refractivity contribution in [1.29, 1.82) is 0 Å². The van der Waals surface area contributed by atoms with Gasteiger partial charge in [0, 0.05) is 12.8 Å². The summed E-state index contributed by atoms with van der Waals surface area (Å²) in [5.74, 6) is 0.406. The van der Waals surface area contributed by atoms with Gasteiger partial charge >= 0.3 is 0 Å². The van der Waals surface area contributed by atoms with E-state index in [1.54, 1.807) is 0 Å². The average molecular weight is 200 g/mol. The Bertz CT molecular complexity index is 141. The third-order valence-corrected chi connectivity index (χ3v) is 2.39. The molecule has 0 aromatic heterocycles.